The van der Waals surface area contributed by atoms with Crippen molar-refractivity contribution in [1.29, 1.82) is 0 Å². The largest absolute Gasteiger partial charge is 0.493 e. The molecule has 7 nitrogen and oxygen atoms in total. The Morgan fingerprint density at radius 2 is 1.55 bits per heavy atom. The highest BCUT2D eigenvalue weighted by Gasteiger charge is 2.17. The molecule has 0 atom stereocenters. The van der Waals surface area contributed by atoms with Gasteiger partial charge >= 0.3 is 0 Å². The van der Waals surface area contributed by atoms with Crippen LogP contribution in [0.2, 0.25) is 0 Å². The van der Waals surface area contributed by atoms with Crippen molar-refractivity contribution in [3.05, 3.63) is 78.1 Å². The molecule has 3 aromatic rings. The van der Waals surface area contributed by atoms with Gasteiger partial charge in [0.05, 0.1) is 14.2 Å². The van der Waals surface area contributed by atoms with E-state index in [0.29, 0.717) is 17.2 Å². The second-order valence-electron chi connectivity index (χ2n) is 6.13. The highest BCUT2D eigenvalue weighted by atomic mass is 16.5. The third-order valence-electron chi connectivity index (χ3n) is 4.29. The predicted molar refractivity (Wildman–Crippen MR) is 111 cm³/mol. The molecule has 2 amide bonds. The molecule has 0 aliphatic carbocycles. The first-order valence-corrected chi connectivity index (χ1v) is 8.87. The Hall–Kier alpha value is -3.87. The summed E-state index contributed by atoms with van der Waals surface area (Å²) in [7, 11) is 4.72. The number of pyridine rings is 1. The molecule has 0 bridgehead atoms. The zero-order valence-electron chi connectivity index (χ0n) is 16.4. The zero-order valence-corrected chi connectivity index (χ0v) is 16.4. The van der Waals surface area contributed by atoms with Crippen molar-refractivity contribution >= 4 is 23.2 Å². The fourth-order valence-corrected chi connectivity index (χ4v) is 2.73. The van der Waals surface area contributed by atoms with Crippen LogP contribution in [-0.4, -0.2) is 38.1 Å². The van der Waals surface area contributed by atoms with Gasteiger partial charge in [0.15, 0.2) is 11.5 Å². The van der Waals surface area contributed by atoms with Crippen molar-refractivity contribution in [2.45, 2.75) is 0 Å². The Balaban J connectivity index is 1.78. The molecular weight excluding hydrogens is 370 g/mol. The summed E-state index contributed by atoms with van der Waals surface area (Å²) < 4.78 is 10.4. The first-order valence-electron chi connectivity index (χ1n) is 8.87. The van der Waals surface area contributed by atoms with Crippen molar-refractivity contribution in [3.8, 4) is 11.5 Å². The topological polar surface area (TPSA) is 80.8 Å². The van der Waals surface area contributed by atoms with Gasteiger partial charge in [0, 0.05) is 24.5 Å². The van der Waals surface area contributed by atoms with E-state index in [4.69, 9.17) is 9.47 Å². The SMILES string of the molecule is COc1ccc(NC(=O)c2cccc(C(=O)N(C)c3ccccc3)n2)cc1OC. The minimum absolute atomic E-state index is 0.132. The number of nitrogens with zero attached hydrogens (tertiary/aromatic N) is 2. The third kappa shape index (κ3) is 4.52. The summed E-state index contributed by atoms with van der Waals surface area (Å²) in [5.41, 5.74) is 1.57. The van der Waals surface area contributed by atoms with Gasteiger partial charge in [-0.1, -0.05) is 24.3 Å². The number of ether oxygens (including phenoxy) is 2. The molecule has 3 rings (SSSR count). The van der Waals surface area contributed by atoms with Crippen molar-refractivity contribution in [2.75, 3.05) is 31.5 Å². The molecule has 0 radical (unpaired) electrons. The van der Waals surface area contributed by atoms with Crippen LogP contribution in [0.5, 0.6) is 11.5 Å². The van der Waals surface area contributed by atoms with E-state index in [0.717, 1.165) is 5.69 Å². The summed E-state index contributed by atoms with van der Waals surface area (Å²) in [5.74, 6) is 0.304. The molecule has 0 saturated carbocycles. The number of rotatable bonds is 6. The Morgan fingerprint density at radius 1 is 0.862 bits per heavy atom. The van der Waals surface area contributed by atoms with Crippen LogP contribution in [0.4, 0.5) is 11.4 Å². The molecule has 1 aromatic heterocycles. The van der Waals surface area contributed by atoms with Crippen LogP contribution in [0, 0.1) is 0 Å². The van der Waals surface area contributed by atoms with Crippen LogP contribution in [-0.2, 0) is 0 Å². The van der Waals surface area contributed by atoms with Crippen LogP contribution in [0.15, 0.2) is 66.7 Å². The van der Waals surface area contributed by atoms with Gasteiger partial charge in [-0.3, -0.25) is 9.59 Å². The third-order valence-corrected chi connectivity index (χ3v) is 4.29. The van der Waals surface area contributed by atoms with E-state index in [-0.39, 0.29) is 17.3 Å². The second-order valence-corrected chi connectivity index (χ2v) is 6.13. The lowest BCUT2D eigenvalue weighted by Gasteiger charge is -2.17. The first kappa shape index (κ1) is 19.9. The number of carbonyl (C=O) groups is 2. The average Bonchev–Trinajstić information content (AvgIpc) is 2.78. The van der Waals surface area contributed by atoms with Crippen LogP contribution in [0.1, 0.15) is 21.0 Å². The maximum atomic E-state index is 12.7. The minimum atomic E-state index is -0.436. The molecule has 0 unspecified atom stereocenters. The normalized spacial score (nSPS) is 10.2. The standard InChI is InChI=1S/C22H21N3O4/c1-25(16-8-5-4-6-9-16)22(27)18-11-7-10-17(24-18)21(26)23-15-12-13-19(28-2)20(14-15)29-3/h4-14H,1-3H3,(H,23,26). The number of anilines is 2. The smallest absolute Gasteiger partial charge is 0.276 e. The zero-order chi connectivity index (χ0) is 20.8. The molecule has 0 aliphatic heterocycles. The van der Waals surface area contributed by atoms with E-state index in [9.17, 15) is 9.59 Å². The summed E-state index contributed by atoms with van der Waals surface area (Å²) in [6.07, 6.45) is 0. The van der Waals surface area contributed by atoms with Crippen LogP contribution < -0.4 is 19.7 Å². The number of nitrogens with one attached hydrogen (secondary N) is 1. The molecule has 1 N–H and O–H groups in total. The molecular formula is C22H21N3O4. The highest BCUT2D eigenvalue weighted by Crippen LogP contribution is 2.29. The minimum Gasteiger partial charge on any atom is -0.493 e. The number of hydrogen-bond donors (Lipinski definition) is 1. The molecule has 0 spiro atoms. The fourth-order valence-electron chi connectivity index (χ4n) is 2.73. The number of para-hydroxylation sites is 1. The second kappa shape index (κ2) is 8.88. The summed E-state index contributed by atoms with van der Waals surface area (Å²) in [6, 6.07) is 19.0. The van der Waals surface area contributed by atoms with Gasteiger partial charge in [0.1, 0.15) is 11.4 Å². The number of amides is 2. The summed E-state index contributed by atoms with van der Waals surface area (Å²) in [6.45, 7) is 0. The summed E-state index contributed by atoms with van der Waals surface area (Å²) in [4.78, 5) is 31.1. The van der Waals surface area contributed by atoms with E-state index < -0.39 is 5.91 Å². The molecule has 7 heteroatoms. The Labute approximate surface area is 168 Å². The van der Waals surface area contributed by atoms with Crippen molar-refractivity contribution in [1.82, 2.24) is 4.98 Å². The Bertz CT molecular complexity index is 1020. The Morgan fingerprint density at radius 3 is 2.24 bits per heavy atom. The molecule has 29 heavy (non-hydrogen) atoms. The first-order chi connectivity index (χ1) is 14.0. The molecule has 0 saturated heterocycles. The van der Waals surface area contributed by atoms with Gasteiger partial charge in [0.2, 0.25) is 0 Å². The number of methoxy groups -OCH3 is 2. The average molecular weight is 391 g/mol. The maximum absolute atomic E-state index is 12.7. The summed E-state index contributed by atoms with van der Waals surface area (Å²) >= 11 is 0. The van der Waals surface area contributed by atoms with Crippen LogP contribution >= 0.6 is 0 Å². The number of hydrogen-bond acceptors (Lipinski definition) is 5. The van der Waals surface area contributed by atoms with Gasteiger partial charge in [-0.2, -0.15) is 0 Å². The van der Waals surface area contributed by atoms with Gasteiger partial charge in [-0.15, -0.1) is 0 Å². The lowest BCUT2D eigenvalue weighted by Crippen LogP contribution is -2.27. The molecule has 0 aliphatic rings. The molecule has 148 valence electrons. The van der Waals surface area contributed by atoms with Crippen molar-refractivity contribution in [2.24, 2.45) is 0 Å². The fraction of sp³-hybridized carbons (Fsp3) is 0.136. The molecule has 1 heterocycles. The number of carbonyl (C=O) groups excluding carboxylic acids is 2. The quantitative estimate of drug-likeness (QED) is 0.694. The van der Waals surface area contributed by atoms with E-state index >= 15 is 0 Å². The number of benzene rings is 2. The van der Waals surface area contributed by atoms with Crippen LogP contribution in [0.25, 0.3) is 0 Å². The monoisotopic (exact) mass is 391 g/mol. The number of aromatic nitrogens is 1. The van der Waals surface area contributed by atoms with Gasteiger partial charge in [-0.25, -0.2) is 4.98 Å². The van der Waals surface area contributed by atoms with Gasteiger partial charge < -0.3 is 19.7 Å². The molecule has 0 fully saturated rings. The van der Waals surface area contributed by atoms with Crippen molar-refractivity contribution in [3.63, 3.8) is 0 Å². The highest BCUT2D eigenvalue weighted by molar-refractivity contribution is 6.07. The van der Waals surface area contributed by atoms with E-state index in [1.165, 1.54) is 19.1 Å². The van der Waals surface area contributed by atoms with Gasteiger partial charge in [0.25, 0.3) is 11.8 Å². The lowest BCUT2D eigenvalue weighted by atomic mass is 10.2. The van der Waals surface area contributed by atoms with E-state index in [2.05, 4.69) is 10.3 Å². The lowest BCUT2D eigenvalue weighted by molar-refractivity contribution is 0.0988. The van der Waals surface area contributed by atoms with Gasteiger partial charge in [-0.05, 0) is 36.4 Å². The van der Waals surface area contributed by atoms with E-state index in [1.807, 2.05) is 30.3 Å². The molecule has 2 aromatic carbocycles. The predicted octanol–water partition coefficient (Wildman–Crippen LogP) is 3.63. The Kier molecular flexibility index (Phi) is 6.09. The maximum Gasteiger partial charge on any atom is 0.276 e. The van der Waals surface area contributed by atoms with Crippen LogP contribution in [0.3, 0.4) is 0 Å². The van der Waals surface area contributed by atoms with Crippen molar-refractivity contribution < 1.29 is 19.1 Å². The van der Waals surface area contributed by atoms with E-state index in [1.54, 1.807) is 43.4 Å². The summed E-state index contributed by atoms with van der Waals surface area (Å²) in [5, 5.41) is 2.75.